The summed E-state index contributed by atoms with van der Waals surface area (Å²) in [5, 5.41) is 14.3. The highest BCUT2D eigenvalue weighted by Gasteiger charge is 2.39. The first-order valence-electron chi connectivity index (χ1n) is 6.94. The lowest BCUT2D eigenvalue weighted by Crippen LogP contribution is -2.34. The quantitative estimate of drug-likeness (QED) is 0.634. The molecule has 3 rings (SSSR count). The van der Waals surface area contributed by atoms with Crippen LogP contribution in [0.1, 0.15) is 12.8 Å². The highest BCUT2D eigenvalue weighted by Crippen LogP contribution is 2.35. The number of sulfonamides is 1. The molecule has 8 heteroatoms. The van der Waals surface area contributed by atoms with Crippen molar-refractivity contribution in [3.63, 3.8) is 0 Å². The predicted molar refractivity (Wildman–Crippen MR) is 76.3 cm³/mol. The number of nitrogens with one attached hydrogen (secondary N) is 2. The molecule has 21 heavy (non-hydrogen) atoms. The average molecular weight is 311 g/mol. The molecule has 0 bridgehead atoms. The van der Waals surface area contributed by atoms with Crippen LogP contribution in [0.25, 0.3) is 0 Å². The van der Waals surface area contributed by atoms with Crippen LogP contribution >= 0.6 is 0 Å². The van der Waals surface area contributed by atoms with Gasteiger partial charge in [-0.25, -0.2) is 13.1 Å². The zero-order valence-corrected chi connectivity index (χ0v) is 12.2. The molecular weight excluding hydrogens is 294 g/mol. The fourth-order valence-corrected chi connectivity index (χ4v) is 4.81. The highest BCUT2D eigenvalue weighted by molar-refractivity contribution is 7.89. The number of para-hydroxylation sites is 1. The molecule has 2 fully saturated rings. The molecule has 1 saturated heterocycles. The van der Waals surface area contributed by atoms with Crippen molar-refractivity contribution in [2.75, 3.05) is 13.1 Å². The lowest BCUT2D eigenvalue weighted by molar-refractivity contribution is -0.387. The van der Waals surface area contributed by atoms with Crippen molar-refractivity contribution in [2.24, 2.45) is 11.8 Å². The minimum absolute atomic E-state index is 0.132. The van der Waals surface area contributed by atoms with Crippen molar-refractivity contribution in [3.8, 4) is 0 Å². The predicted octanol–water partition coefficient (Wildman–Crippen LogP) is 0.871. The van der Waals surface area contributed by atoms with E-state index in [9.17, 15) is 18.5 Å². The Morgan fingerprint density at radius 2 is 1.81 bits per heavy atom. The van der Waals surface area contributed by atoms with Gasteiger partial charge in [-0.15, -0.1) is 0 Å². The number of benzene rings is 1. The van der Waals surface area contributed by atoms with Crippen LogP contribution in [0.2, 0.25) is 0 Å². The van der Waals surface area contributed by atoms with E-state index in [-0.39, 0.29) is 16.6 Å². The average Bonchev–Trinajstić information content (AvgIpc) is 2.99. The van der Waals surface area contributed by atoms with Crippen LogP contribution in [0, 0.1) is 22.0 Å². The molecule has 2 N–H and O–H groups in total. The smallest absolute Gasteiger partial charge is 0.289 e. The Balaban J connectivity index is 1.80. The van der Waals surface area contributed by atoms with Crippen molar-refractivity contribution < 1.29 is 13.3 Å². The van der Waals surface area contributed by atoms with Gasteiger partial charge in [-0.2, -0.15) is 0 Å². The van der Waals surface area contributed by atoms with Gasteiger partial charge in [-0.1, -0.05) is 12.1 Å². The maximum Gasteiger partial charge on any atom is 0.289 e. The minimum atomic E-state index is -3.86. The van der Waals surface area contributed by atoms with Gasteiger partial charge in [-0.05, 0) is 43.8 Å². The van der Waals surface area contributed by atoms with Gasteiger partial charge in [-0.3, -0.25) is 10.1 Å². The number of nitrogens with zero attached hydrogens (tertiary/aromatic N) is 1. The summed E-state index contributed by atoms with van der Waals surface area (Å²) in [6.45, 7) is 1.85. The summed E-state index contributed by atoms with van der Waals surface area (Å²) in [5.41, 5.74) is -0.384. The molecule has 2 aliphatic rings. The van der Waals surface area contributed by atoms with E-state index in [4.69, 9.17) is 0 Å². The normalized spacial score (nSPS) is 28.5. The third kappa shape index (κ3) is 2.78. The van der Waals surface area contributed by atoms with Crippen molar-refractivity contribution in [3.05, 3.63) is 34.4 Å². The van der Waals surface area contributed by atoms with E-state index >= 15 is 0 Å². The molecule has 7 nitrogen and oxygen atoms in total. The van der Waals surface area contributed by atoms with E-state index in [0.717, 1.165) is 25.9 Å². The van der Waals surface area contributed by atoms with Gasteiger partial charge in [0.2, 0.25) is 10.0 Å². The number of hydrogen-bond donors (Lipinski definition) is 2. The number of nitro benzene ring substituents is 1. The lowest BCUT2D eigenvalue weighted by Gasteiger charge is -2.14. The Labute approximate surface area is 122 Å². The van der Waals surface area contributed by atoms with Gasteiger partial charge in [0.1, 0.15) is 0 Å². The van der Waals surface area contributed by atoms with E-state index in [1.807, 2.05) is 0 Å². The van der Waals surface area contributed by atoms with Crippen LogP contribution in [0.15, 0.2) is 29.2 Å². The molecule has 1 saturated carbocycles. The van der Waals surface area contributed by atoms with Crippen molar-refractivity contribution in [1.29, 1.82) is 0 Å². The molecule has 0 aromatic heterocycles. The number of rotatable bonds is 4. The van der Waals surface area contributed by atoms with Gasteiger partial charge in [0.05, 0.1) is 4.92 Å². The molecular formula is C13H17N3O4S. The summed E-state index contributed by atoms with van der Waals surface area (Å²) in [6, 6.07) is 5.31. The number of nitro groups is 1. The minimum Gasteiger partial charge on any atom is -0.316 e. The Bertz CT molecular complexity index is 649. The second-order valence-corrected chi connectivity index (χ2v) is 7.38. The largest absolute Gasteiger partial charge is 0.316 e. The Hall–Kier alpha value is -1.51. The fraction of sp³-hybridized carbons (Fsp3) is 0.538. The molecule has 1 aliphatic carbocycles. The molecule has 0 amide bonds. The third-order valence-electron chi connectivity index (χ3n) is 4.33. The third-order valence-corrected chi connectivity index (χ3v) is 5.90. The van der Waals surface area contributed by atoms with Crippen LogP contribution in [-0.2, 0) is 10.0 Å². The van der Waals surface area contributed by atoms with Crippen molar-refractivity contribution in [1.82, 2.24) is 10.0 Å². The van der Waals surface area contributed by atoms with Crippen LogP contribution < -0.4 is 10.0 Å². The van der Waals surface area contributed by atoms with Gasteiger partial charge in [0.25, 0.3) is 5.69 Å². The van der Waals surface area contributed by atoms with Gasteiger partial charge >= 0.3 is 0 Å². The molecule has 2 unspecified atom stereocenters. The first kappa shape index (κ1) is 14.4. The molecule has 0 radical (unpaired) electrons. The highest BCUT2D eigenvalue weighted by atomic mass is 32.2. The van der Waals surface area contributed by atoms with Crippen molar-refractivity contribution in [2.45, 2.75) is 23.8 Å². The van der Waals surface area contributed by atoms with Crippen LogP contribution in [0.4, 0.5) is 5.69 Å². The zero-order chi connectivity index (χ0) is 15.0. The summed E-state index contributed by atoms with van der Waals surface area (Å²) in [6.07, 6.45) is 1.58. The summed E-state index contributed by atoms with van der Waals surface area (Å²) in [7, 11) is -3.86. The van der Waals surface area contributed by atoms with Crippen LogP contribution in [0.5, 0.6) is 0 Å². The summed E-state index contributed by atoms with van der Waals surface area (Å²) < 4.78 is 27.4. The maximum absolute atomic E-state index is 12.4. The van der Waals surface area contributed by atoms with E-state index in [0.29, 0.717) is 11.8 Å². The van der Waals surface area contributed by atoms with Gasteiger partial charge in [0.15, 0.2) is 4.90 Å². The fourth-order valence-electron chi connectivity index (χ4n) is 3.38. The van der Waals surface area contributed by atoms with E-state index in [1.165, 1.54) is 24.3 Å². The molecule has 1 heterocycles. The molecule has 1 aliphatic heterocycles. The van der Waals surface area contributed by atoms with E-state index in [1.54, 1.807) is 0 Å². The standard InChI is InChI=1S/C13H17N3O4S/c17-16(18)12-3-1-2-4-13(12)21(19,20)15-11-5-9-7-14-8-10(9)6-11/h1-4,9-11,14-15H,5-8H2. The Morgan fingerprint density at radius 1 is 1.19 bits per heavy atom. The van der Waals surface area contributed by atoms with Gasteiger partial charge < -0.3 is 5.32 Å². The molecule has 114 valence electrons. The topological polar surface area (TPSA) is 101 Å². The molecule has 1 aromatic carbocycles. The first-order chi connectivity index (χ1) is 9.97. The lowest BCUT2D eigenvalue weighted by atomic mass is 10.0. The molecule has 1 aromatic rings. The summed E-state index contributed by atoms with van der Waals surface area (Å²) in [4.78, 5) is 10.0. The SMILES string of the molecule is O=[N+]([O-])c1ccccc1S(=O)(=O)NC1CC2CNCC2C1. The Kier molecular flexibility index (Phi) is 3.68. The van der Waals surface area contributed by atoms with Gasteiger partial charge in [0, 0.05) is 12.1 Å². The summed E-state index contributed by atoms with van der Waals surface area (Å²) in [5.74, 6) is 1.01. The van der Waals surface area contributed by atoms with Crippen molar-refractivity contribution >= 4 is 15.7 Å². The second-order valence-electron chi connectivity index (χ2n) is 5.69. The van der Waals surface area contributed by atoms with E-state index in [2.05, 4.69) is 10.0 Å². The monoisotopic (exact) mass is 311 g/mol. The molecule has 0 spiro atoms. The van der Waals surface area contributed by atoms with E-state index < -0.39 is 14.9 Å². The van der Waals surface area contributed by atoms with Crippen LogP contribution in [-0.4, -0.2) is 32.5 Å². The molecule has 2 atom stereocenters. The number of fused-ring (bicyclic) bond motifs is 1. The maximum atomic E-state index is 12.4. The Morgan fingerprint density at radius 3 is 2.43 bits per heavy atom. The zero-order valence-electron chi connectivity index (χ0n) is 11.4. The van der Waals surface area contributed by atoms with Crippen LogP contribution in [0.3, 0.4) is 0 Å². The summed E-state index contributed by atoms with van der Waals surface area (Å²) >= 11 is 0. The number of hydrogen-bond acceptors (Lipinski definition) is 5. The first-order valence-corrected chi connectivity index (χ1v) is 8.42. The second kappa shape index (κ2) is 5.36.